The molecule has 23 heavy (non-hydrogen) atoms. The van der Waals surface area contributed by atoms with Gasteiger partial charge in [-0.15, -0.1) is 0 Å². The number of benzene rings is 1. The fourth-order valence-corrected chi connectivity index (χ4v) is 2.73. The summed E-state index contributed by atoms with van der Waals surface area (Å²) in [6.07, 6.45) is 0.189. The highest BCUT2D eigenvalue weighted by Gasteiger charge is 2.20. The summed E-state index contributed by atoms with van der Waals surface area (Å²) in [7, 11) is 0. The van der Waals surface area contributed by atoms with E-state index < -0.39 is 6.10 Å². The monoisotopic (exact) mass is 319 g/mol. The Bertz CT molecular complexity index is 642. The first-order valence-corrected chi connectivity index (χ1v) is 8.01. The van der Waals surface area contributed by atoms with Crippen LogP contribution in [0.15, 0.2) is 30.3 Å². The second-order valence-electron chi connectivity index (χ2n) is 5.79. The lowest BCUT2D eigenvalue weighted by Gasteiger charge is -2.27. The Hall–Kier alpha value is -1.92. The standard InChI is InChI=1S/C17H22FN3O2/c1-2-17(22)16-11-14-12-20(7-8-21(14)19-16)9-10-23-15-5-3-13(18)4-6-15/h3-6,11,17,22H,2,7-10,12H2,1H3. The van der Waals surface area contributed by atoms with Gasteiger partial charge in [-0.1, -0.05) is 6.92 Å². The molecule has 124 valence electrons. The molecule has 6 heteroatoms. The summed E-state index contributed by atoms with van der Waals surface area (Å²) in [5.74, 6) is 0.425. The molecule has 2 heterocycles. The molecule has 1 aromatic carbocycles. The van der Waals surface area contributed by atoms with Crippen molar-refractivity contribution in [1.82, 2.24) is 14.7 Å². The van der Waals surface area contributed by atoms with E-state index in [4.69, 9.17) is 4.74 Å². The fourth-order valence-electron chi connectivity index (χ4n) is 2.73. The molecule has 0 saturated carbocycles. The minimum Gasteiger partial charge on any atom is -0.492 e. The van der Waals surface area contributed by atoms with Crippen LogP contribution in [0.4, 0.5) is 4.39 Å². The predicted molar refractivity (Wildman–Crippen MR) is 84.6 cm³/mol. The van der Waals surface area contributed by atoms with Crippen LogP contribution in [0.25, 0.3) is 0 Å². The number of fused-ring (bicyclic) bond motifs is 1. The van der Waals surface area contributed by atoms with Crippen LogP contribution in [0.1, 0.15) is 30.8 Å². The number of ether oxygens (including phenoxy) is 1. The van der Waals surface area contributed by atoms with E-state index in [0.29, 0.717) is 18.8 Å². The zero-order chi connectivity index (χ0) is 16.2. The third-order valence-corrected chi connectivity index (χ3v) is 4.11. The highest BCUT2D eigenvalue weighted by atomic mass is 19.1. The molecule has 0 radical (unpaired) electrons. The molecule has 3 rings (SSSR count). The van der Waals surface area contributed by atoms with Gasteiger partial charge in [-0.2, -0.15) is 5.10 Å². The lowest BCUT2D eigenvalue weighted by atomic mass is 10.2. The summed E-state index contributed by atoms with van der Waals surface area (Å²) in [6, 6.07) is 8.06. The van der Waals surface area contributed by atoms with Crippen molar-refractivity contribution in [3.05, 3.63) is 47.5 Å². The molecule has 0 aliphatic carbocycles. The maximum absolute atomic E-state index is 12.8. The average Bonchev–Trinajstić information content (AvgIpc) is 2.99. The van der Waals surface area contributed by atoms with Gasteiger partial charge in [-0.3, -0.25) is 9.58 Å². The summed E-state index contributed by atoms with van der Waals surface area (Å²) >= 11 is 0. The number of aromatic nitrogens is 2. The van der Waals surface area contributed by atoms with Crippen molar-refractivity contribution >= 4 is 0 Å². The quantitative estimate of drug-likeness (QED) is 0.888. The number of rotatable bonds is 6. The van der Waals surface area contributed by atoms with Crippen LogP contribution in [0.3, 0.4) is 0 Å². The lowest BCUT2D eigenvalue weighted by molar-refractivity contribution is 0.163. The van der Waals surface area contributed by atoms with Gasteiger partial charge in [-0.05, 0) is 36.8 Å². The Kier molecular flexibility index (Phi) is 4.93. The van der Waals surface area contributed by atoms with Gasteiger partial charge in [0, 0.05) is 19.6 Å². The molecule has 0 spiro atoms. The predicted octanol–water partition coefficient (Wildman–Crippen LogP) is 2.36. The number of nitrogens with zero attached hydrogens (tertiary/aromatic N) is 3. The van der Waals surface area contributed by atoms with Crippen molar-refractivity contribution in [3.63, 3.8) is 0 Å². The number of aliphatic hydroxyl groups excluding tert-OH is 1. The first-order chi connectivity index (χ1) is 11.2. The molecule has 0 fully saturated rings. The van der Waals surface area contributed by atoms with Crippen LogP contribution >= 0.6 is 0 Å². The van der Waals surface area contributed by atoms with E-state index in [9.17, 15) is 9.50 Å². The van der Waals surface area contributed by atoms with Crippen molar-refractivity contribution in [1.29, 1.82) is 0 Å². The normalized spacial score (nSPS) is 16.1. The van der Waals surface area contributed by atoms with E-state index in [2.05, 4.69) is 10.00 Å². The molecule has 1 atom stereocenters. The molecule has 0 saturated heterocycles. The lowest BCUT2D eigenvalue weighted by Crippen LogP contribution is -2.36. The van der Waals surface area contributed by atoms with Crippen LogP contribution in [-0.2, 0) is 13.1 Å². The Morgan fingerprint density at radius 1 is 1.30 bits per heavy atom. The molecular weight excluding hydrogens is 297 g/mol. The van der Waals surface area contributed by atoms with E-state index >= 15 is 0 Å². The number of hydrogen-bond donors (Lipinski definition) is 1. The zero-order valence-corrected chi connectivity index (χ0v) is 13.3. The van der Waals surface area contributed by atoms with Gasteiger partial charge in [0.25, 0.3) is 0 Å². The summed E-state index contributed by atoms with van der Waals surface area (Å²) < 4.78 is 20.5. The average molecular weight is 319 g/mol. The summed E-state index contributed by atoms with van der Waals surface area (Å²) in [5.41, 5.74) is 1.88. The van der Waals surface area contributed by atoms with Crippen LogP contribution < -0.4 is 4.74 Å². The molecular formula is C17H22FN3O2. The molecule has 1 aromatic heterocycles. The first-order valence-electron chi connectivity index (χ1n) is 8.01. The van der Waals surface area contributed by atoms with Crippen LogP contribution in [0.5, 0.6) is 5.75 Å². The smallest absolute Gasteiger partial charge is 0.123 e. The van der Waals surface area contributed by atoms with E-state index in [1.165, 1.54) is 12.1 Å². The number of hydrogen-bond acceptors (Lipinski definition) is 4. The maximum Gasteiger partial charge on any atom is 0.123 e. The molecule has 1 unspecified atom stereocenters. The van der Waals surface area contributed by atoms with Gasteiger partial charge in [-0.25, -0.2) is 4.39 Å². The second kappa shape index (κ2) is 7.10. The van der Waals surface area contributed by atoms with E-state index in [1.807, 2.05) is 17.7 Å². The van der Waals surface area contributed by atoms with Gasteiger partial charge in [0.15, 0.2) is 0 Å². The Morgan fingerprint density at radius 3 is 2.83 bits per heavy atom. The van der Waals surface area contributed by atoms with Gasteiger partial charge in [0.05, 0.1) is 24.0 Å². The fraction of sp³-hybridized carbons (Fsp3) is 0.471. The summed E-state index contributed by atoms with van der Waals surface area (Å²) in [4.78, 5) is 2.29. The Labute approximate surface area is 135 Å². The van der Waals surface area contributed by atoms with Gasteiger partial charge < -0.3 is 9.84 Å². The van der Waals surface area contributed by atoms with Crippen molar-refractivity contribution in [3.8, 4) is 5.75 Å². The van der Waals surface area contributed by atoms with E-state index in [1.54, 1.807) is 12.1 Å². The SMILES string of the molecule is CCC(O)c1cc2n(n1)CCN(CCOc1ccc(F)cc1)C2. The molecule has 0 amide bonds. The van der Waals surface area contributed by atoms with Crippen molar-refractivity contribution in [2.75, 3.05) is 19.7 Å². The molecule has 1 N–H and O–H groups in total. The molecule has 1 aliphatic heterocycles. The summed E-state index contributed by atoms with van der Waals surface area (Å²) in [5, 5.41) is 14.4. The van der Waals surface area contributed by atoms with Crippen molar-refractivity contribution in [2.24, 2.45) is 0 Å². The minimum absolute atomic E-state index is 0.258. The maximum atomic E-state index is 12.8. The topological polar surface area (TPSA) is 50.5 Å². The van der Waals surface area contributed by atoms with E-state index in [0.717, 1.165) is 37.6 Å². The molecule has 5 nitrogen and oxygen atoms in total. The zero-order valence-electron chi connectivity index (χ0n) is 13.3. The Morgan fingerprint density at radius 2 is 2.09 bits per heavy atom. The van der Waals surface area contributed by atoms with Gasteiger partial charge in [0.1, 0.15) is 18.2 Å². The molecule has 2 aromatic rings. The highest BCUT2D eigenvalue weighted by molar-refractivity contribution is 5.22. The number of aliphatic hydroxyl groups is 1. The molecule has 1 aliphatic rings. The number of halogens is 1. The van der Waals surface area contributed by atoms with Crippen LogP contribution in [-0.4, -0.2) is 39.5 Å². The second-order valence-corrected chi connectivity index (χ2v) is 5.79. The van der Waals surface area contributed by atoms with Crippen LogP contribution in [0.2, 0.25) is 0 Å². The third kappa shape index (κ3) is 3.89. The summed E-state index contributed by atoms with van der Waals surface area (Å²) in [6.45, 7) is 5.84. The van der Waals surface area contributed by atoms with E-state index in [-0.39, 0.29) is 5.82 Å². The first kappa shape index (κ1) is 16.0. The largest absolute Gasteiger partial charge is 0.492 e. The minimum atomic E-state index is -0.483. The molecule has 0 bridgehead atoms. The van der Waals surface area contributed by atoms with Crippen molar-refractivity contribution < 1.29 is 14.2 Å². The highest BCUT2D eigenvalue weighted by Crippen LogP contribution is 2.20. The Balaban J connectivity index is 1.51. The van der Waals surface area contributed by atoms with Crippen molar-refractivity contribution in [2.45, 2.75) is 32.5 Å². The van der Waals surface area contributed by atoms with Gasteiger partial charge >= 0.3 is 0 Å². The third-order valence-electron chi connectivity index (χ3n) is 4.11. The van der Waals surface area contributed by atoms with Gasteiger partial charge in [0.2, 0.25) is 0 Å². The van der Waals surface area contributed by atoms with Crippen LogP contribution in [0, 0.1) is 5.82 Å².